The maximum absolute atomic E-state index is 9.84. The quantitative estimate of drug-likeness (QED) is 0.243. The third-order valence-electron chi connectivity index (χ3n) is 3.97. The van der Waals surface area contributed by atoms with Crippen LogP contribution in [0.5, 0.6) is 0 Å². The van der Waals surface area contributed by atoms with Gasteiger partial charge in [0.25, 0.3) is 0 Å². The van der Waals surface area contributed by atoms with Crippen molar-refractivity contribution in [1.82, 2.24) is 0 Å². The molecule has 0 radical (unpaired) electrons. The third-order valence-corrected chi connectivity index (χ3v) is 3.97. The molecule has 11 heteroatoms. The van der Waals surface area contributed by atoms with Crippen LogP contribution in [0.3, 0.4) is 0 Å². The Morgan fingerprint density at radius 3 is 1.22 bits per heavy atom. The summed E-state index contributed by atoms with van der Waals surface area (Å²) in [7, 11) is 0. The first kappa shape index (κ1) is 18.9. The number of hydrogen-bond donors (Lipinski definition) is 8. The van der Waals surface area contributed by atoms with Gasteiger partial charge in [-0.05, 0) is 0 Å². The monoisotopic (exact) mass is 342 g/mol. The van der Waals surface area contributed by atoms with Gasteiger partial charge in [0.15, 0.2) is 12.6 Å². The van der Waals surface area contributed by atoms with E-state index in [0.29, 0.717) is 0 Å². The molecule has 10 atom stereocenters. The van der Waals surface area contributed by atoms with Gasteiger partial charge in [-0.1, -0.05) is 0 Å². The maximum Gasteiger partial charge on any atom is 0.189 e. The fourth-order valence-corrected chi connectivity index (χ4v) is 2.49. The van der Waals surface area contributed by atoms with Gasteiger partial charge >= 0.3 is 0 Å². The fraction of sp³-hybridized carbons (Fsp3) is 1.00. The van der Waals surface area contributed by atoms with Crippen molar-refractivity contribution in [3.05, 3.63) is 0 Å². The highest BCUT2D eigenvalue weighted by atomic mass is 16.8. The summed E-state index contributed by atoms with van der Waals surface area (Å²) >= 11 is 0. The molecule has 136 valence electrons. The van der Waals surface area contributed by atoms with Gasteiger partial charge in [-0.3, -0.25) is 0 Å². The van der Waals surface area contributed by atoms with Gasteiger partial charge in [0, 0.05) is 0 Å². The molecule has 0 aliphatic carbocycles. The topological polar surface area (TPSA) is 190 Å². The number of aliphatic hydroxyl groups excluding tert-OH is 8. The summed E-state index contributed by atoms with van der Waals surface area (Å²) < 4.78 is 15.3. The van der Waals surface area contributed by atoms with Crippen molar-refractivity contribution in [2.45, 2.75) is 61.4 Å². The van der Waals surface area contributed by atoms with E-state index in [9.17, 15) is 30.6 Å². The fourth-order valence-electron chi connectivity index (χ4n) is 2.49. The highest BCUT2D eigenvalue weighted by molar-refractivity contribution is 4.92. The highest BCUT2D eigenvalue weighted by Gasteiger charge is 2.49. The Balaban J connectivity index is 2.07. The molecule has 0 aromatic heterocycles. The molecule has 2 aliphatic rings. The second-order valence-electron chi connectivity index (χ2n) is 5.53. The Morgan fingerprint density at radius 1 is 0.565 bits per heavy atom. The van der Waals surface area contributed by atoms with Crippen molar-refractivity contribution in [3.63, 3.8) is 0 Å². The number of rotatable bonds is 4. The van der Waals surface area contributed by atoms with Crippen molar-refractivity contribution >= 4 is 0 Å². The standard InChI is InChI=1S/C12H22O11/c13-1-3-5(15)7(17)9(19)11(21-3)23-12-10(20)8(18)6(16)4(2-14)22-12/h3-20H,1-2H2/t3-,4-,5-,6+,7+,8+,9+,10-,11-,12+/m1/s1. The van der Waals surface area contributed by atoms with E-state index in [-0.39, 0.29) is 0 Å². The van der Waals surface area contributed by atoms with E-state index in [2.05, 4.69) is 0 Å². The molecule has 0 amide bonds. The summed E-state index contributed by atoms with van der Waals surface area (Å²) in [6.45, 7) is -1.33. The molecule has 11 nitrogen and oxygen atoms in total. The van der Waals surface area contributed by atoms with Crippen LogP contribution < -0.4 is 0 Å². The predicted molar refractivity (Wildman–Crippen MR) is 68.6 cm³/mol. The molecule has 0 bridgehead atoms. The molecular weight excluding hydrogens is 320 g/mol. The lowest BCUT2D eigenvalue weighted by Gasteiger charge is -2.44. The lowest BCUT2D eigenvalue weighted by Crippen LogP contribution is -2.63. The lowest BCUT2D eigenvalue weighted by molar-refractivity contribution is -0.376. The van der Waals surface area contributed by atoms with Crippen LogP contribution in [-0.2, 0) is 14.2 Å². The Kier molecular flexibility index (Phi) is 6.27. The molecule has 0 aromatic rings. The molecule has 2 saturated heterocycles. The molecule has 0 unspecified atom stereocenters. The first-order valence-electron chi connectivity index (χ1n) is 7.08. The summed E-state index contributed by atoms with van der Waals surface area (Å²) in [4.78, 5) is 0. The van der Waals surface area contributed by atoms with Crippen molar-refractivity contribution in [2.75, 3.05) is 13.2 Å². The van der Waals surface area contributed by atoms with Crippen molar-refractivity contribution < 1.29 is 55.1 Å². The van der Waals surface area contributed by atoms with Gasteiger partial charge in [-0.25, -0.2) is 0 Å². The van der Waals surface area contributed by atoms with E-state index >= 15 is 0 Å². The summed E-state index contributed by atoms with van der Waals surface area (Å²) in [5.74, 6) is 0. The molecule has 0 saturated carbocycles. The van der Waals surface area contributed by atoms with Crippen LogP contribution in [-0.4, -0.2) is 115 Å². The minimum absolute atomic E-state index is 0.667. The molecule has 2 aliphatic heterocycles. The summed E-state index contributed by atoms with van der Waals surface area (Å²) in [5, 5.41) is 76.4. The zero-order chi connectivity index (χ0) is 17.3. The van der Waals surface area contributed by atoms with E-state index in [0.717, 1.165) is 0 Å². The van der Waals surface area contributed by atoms with Crippen LogP contribution in [0.2, 0.25) is 0 Å². The smallest absolute Gasteiger partial charge is 0.189 e. The summed E-state index contributed by atoms with van der Waals surface area (Å²) in [6, 6.07) is 0. The molecule has 2 fully saturated rings. The van der Waals surface area contributed by atoms with Gasteiger partial charge in [0.2, 0.25) is 0 Å². The van der Waals surface area contributed by atoms with Gasteiger partial charge in [0.05, 0.1) is 13.2 Å². The van der Waals surface area contributed by atoms with Crippen LogP contribution in [0.15, 0.2) is 0 Å². The molecule has 23 heavy (non-hydrogen) atoms. The maximum atomic E-state index is 9.84. The van der Waals surface area contributed by atoms with E-state index < -0.39 is 74.6 Å². The number of aliphatic hydroxyl groups is 8. The molecule has 0 aromatic carbocycles. The van der Waals surface area contributed by atoms with Gasteiger partial charge in [-0.15, -0.1) is 0 Å². The average Bonchev–Trinajstić information content (AvgIpc) is 2.55. The minimum atomic E-state index is -1.72. The summed E-state index contributed by atoms with van der Waals surface area (Å²) in [6.07, 6.45) is -15.6. The molecule has 2 heterocycles. The first-order valence-corrected chi connectivity index (χ1v) is 7.08. The molecule has 8 N–H and O–H groups in total. The molecular formula is C12H22O11. The highest BCUT2D eigenvalue weighted by Crippen LogP contribution is 2.27. The Morgan fingerprint density at radius 2 is 0.913 bits per heavy atom. The Labute approximate surface area is 130 Å². The van der Waals surface area contributed by atoms with Gasteiger partial charge < -0.3 is 55.1 Å². The van der Waals surface area contributed by atoms with Crippen LogP contribution in [0.4, 0.5) is 0 Å². The van der Waals surface area contributed by atoms with Crippen LogP contribution in [0, 0.1) is 0 Å². The largest absolute Gasteiger partial charge is 0.394 e. The first-order chi connectivity index (χ1) is 10.8. The normalized spacial score (nSPS) is 51.7. The van der Waals surface area contributed by atoms with Crippen molar-refractivity contribution in [3.8, 4) is 0 Å². The van der Waals surface area contributed by atoms with Crippen LogP contribution >= 0.6 is 0 Å². The molecule has 0 spiro atoms. The minimum Gasteiger partial charge on any atom is -0.394 e. The van der Waals surface area contributed by atoms with E-state index in [4.69, 9.17) is 24.4 Å². The van der Waals surface area contributed by atoms with E-state index in [1.54, 1.807) is 0 Å². The average molecular weight is 342 g/mol. The molecule has 2 rings (SSSR count). The SMILES string of the molecule is OC[C@H]1O[C@@H](O[C@H]2O[C@H](CO)[C@@H](O)[C@H](O)[C@@H]2O)[C@H](O)[C@@H](O)[C@H]1O. The zero-order valence-corrected chi connectivity index (χ0v) is 12.0. The van der Waals surface area contributed by atoms with E-state index in [1.807, 2.05) is 0 Å². The summed E-state index contributed by atoms with van der Waals surface area (Å²) in [5.41, 5.74) is 0. The number of hydrogen-bond acceptors (Lipinski definition) is 11. The lowest BCUT2D eigenvalue weighted by atomic mass is 9.98. The second kappa shape index (κ2) is 7.63. The predicted octanol–water partition coefficient (Wildman–Crippen LogP) is -5.40. The van der Waals surface area contributed by atoms with E-state index in [1.165, 1.54) is 0 Å². The van der Waals surface area contributed by atoms with Crippen molar-refractivity contribution in [2.24, 2.45) is 0 Å². The second-order valence-corrected chi connectivity index (χ2v) is 5.53. The number of ether oxygens (including phenoxy) is 3. The zero-order valence-electron chi connectivity index (χ0n) is 12.0. The van der Waals surface area contributed by atoms with Crippen LogP contribution in [0.25, 0.3) is 0 Å². The Hall–Kier alpha value is -0.440. The third kappa shape index (κ3) is 3.65. The van der Waals surface area contributed by atoms with Crippen LogP contribution in [0.1, 0.15) is 0 Å². The Bertz CT molecular complexity index is 344. The van der Waals surface area contributed by atoms with Gasteiger partial charge in [-0.2, -0.15) is 0 Å². The van der Waals surface area contributed by atoms with Crippen molar-refractivity contribution in [1.29, 1.82) is 0 Å². The van der Waals surface area contributed by atoms with Gasteiger partial charge in [0.1, 0.15) is 48.8 Å².